The summed E-state index contributed by atoms with van der Waals surface area (Å²) >= 11 is 0. The highest BCUT2D eigenvalue weighted by Crippen LogP contribution is 2.23. The standard InChI is InChI=1S/C16H29N5/c1-3-17-16(20-15-8-6-14(2)7-9-15)18-10-4-12-21-13-5-11-19-21/h5,11,13-15H,3-4,6-10,12H2,1-2H3,(H2,17,18,20). The van der Waals surface area contributed by atoms with E-state index in [4.69, 9.17) is 0 Å². The van der Waals surface area contributed by atoms with Crippen molar-refractivity contribution >= 4 is 5.96 Å². The summed E-state index contributed by atoms with van der Waals surface area (Å²) in [7, 11) is 0. The van der Waals surface area contributed by atoms with Gasteiger partial charge in [0.2, 0.25) is 0 Å². The summed E-state index contributed by atoms with van der Waals surface area (Å²) in [5.41, 5.74) is 0. The normalized spacial score (nSPS) is 23.0. The van der Waals surface area contributed by atoms with Crippen LogP contribution in [0.3, 0.4) is 0 Å². The van der Waals surface area contributed by atoms with Crippen LogP contribution in [0.25, 0.3) is 0 Å². The van der Waals surface area contributed by atoms with Gasteiger partial charge in [-0.2, -0.15) is 5.10 Å². The van der Waals surface area contributed by atoms with Crippen LogP contribution in [0.2, 0.25) is 0 Å². The van der Waals surface area contributed by atoms with Gasteiger partial charge in [0.25, 0.3) is 0 Å². The fraction of sp³-hybridized carbons (Fsp3) is 0.750. The first-order chi connectivity index (χ1) is 10.3. The third-order valence-electron chi connectivity index (χ3n) is 4.08. The topological polar surface area (TPSA) is 54.2 Å². The molecule has 1 aromatic rings. The van der Waals surface area contributed by atoms with E-state index in [-0.39, 0.29) is 0 Å². The molecule has 0 atom stereocenters. The molecule has 118 valence electrons. The Morgan fingerprint density at radius 1 is 1.33 bits per heavy atom. The van der Waals surface area contributed by atoms with Gasteiger partial charge in [0, 0.05) is 38.1 Å². The molecule has 1 saturated carbocycles. The lowest BCUT2D eigenvalue weighted by Crippen LogP contribution is -2.44. The maximum atomic E-state index is 4.68. The number of nitrogens with zero attached hydrogens (tertiary/aromatic N) is 3. The van der Waals surface area contributed by atoms with E-state index in [1.165, 1.54) is 25.7 Å². The summed E-state index contributed by atoms with van der Waals surface area (Å²) in [5.74, 6) is 1.86. The molecule has 0 saturated heterocycles. The Morgan fingerprint density at radius 2 is 2.14 bits per heavy atom. The maximum Gasteiger partial charge on any atom is 0.191 e. The third kappa shape index (κ3) is 5.78. The highest BCUT2D eigenvalue weighted by Gasteiger charge is 2.18. The van der Waals surface area contributed by atoms with Crippen molar-refractivity contribution in [3.63, 3.8) is 0 Å². The number of aliphatic imine (C=N–C) groups is 1. The van der Waals surface area contributed by atoms with Gasteiger partial charge in [0.05, 0.1) is 0 Å². The van der Waals surface area contributed by atoms with Gasteiger partial charge in [-0.3, -0.25) is 9.67 Å². The molecule has 0 aromatic carbocycles. The van der Waals surface area contributed by atoms with Gasteiger partial charge in [-0.05, 0) is 51.0 Å². The lowest BCUT2D eigenvalue weighted by molar-refractivity contribution is 0.329. The van der Waals surface area contributed by atoms with Crippen LogP contribution in [-0.2, 0) is 6.54 Å². The largest absolute Gasteiger partial charge is 0.357 e. The van der Waals surface area contributed by atoms with E-state index in [9.17, 15) is 0 Å². The van der Waals surface area contributed by atoms with Crippen molar-refractivity contribution < 1.29 is 0 Å². The lowest BCUT2D eigenvalue weighted by Gasteiger charge is -2.28. The Hall–Kier alpha value is -1.52. The van der Waals surface area contributed by atoms with Crippen LogP contribution in [0.4, 0.5) is 0 Å². The van der Waals surface area contributed by atoms with Crippen LogP contribution < -0.4 is 10.6 Å². The summed E-state index contributed by atoms with van der Waals surface area (Å²) in [6.45, 7) is 7.14. The molecule has 0 bridgehead atoms. The Bertz CT molecular complexity index is 404. The number of hydrogen-bond donors (Lipinski definition) is 2. The van der Waals surface area contributed by atoms with Crippen LogP contribution in [0.15, 0.2) is 23.5 Å². The van der Waals surface area contributed by atoms with Crippen molar-refractivity contribution in [2.24, 2.45) is 10.9 Å². The minimum absolute atomic E-state index is 0.588. The molecule has 0 radical (unpaired) electrons. The Kier molecular flexibility index (Phi) is 6.57. The molecule has 2 N–H and O–H groups in total. The molecule has 0 amide bonds. The molecule has 0 unspecified atom stereocenters. The fourth-order valence-corrected chi connectivity index (χ4v) is 2.77. The summed E-state index contributed by atoms with van der Waals surface area (Å²) in [6.07, 6.45) is 10.0. The zero-order chi connectivity index (χ0) is 14.9. The minimum atomic E-state index is 0.588. The van der Waals surface area contributed by atoms with Crippen molar-refractivity contribution in [2.75, 3.05) is 13.1 Å². The molecule has 1 heterocycles. The molecule has 1 aliphatic rings. The molecule has 5 nitrogen and oxygen atoms in total. The minimum Gasteiger partial charge on any atom is -0.357 e. The molecule has 1 fully saturated rings. The summed E-state index contributed by atoms with van der Waals surface area (Å²) < 4.78 is 1.96. The van der Waals surface area contributed by atoms with E-state index in [0.29, 0.717) is 6.04 Å². The molecular weight excluding hydrogens is 262 g/mol. The summed E-state index contributed by atoms with van der Waals surface area (Å²) in [6, 6.07) is 2.55. The van der Waals surface area contributed by atoms with E-state index >= 15 is 0 Å². The zero-order valence-corrected chi connectivity index (χ0v) is 13.4. The van der Waals surface area contributed by atoms with Gasteiger partial charge < -0.3 is 10.6 Å². The molecule has 0 spiro atoms. The molecular formula is C16H29N5. The molecule has 1 aliphatic carbocycles. The summed E-state index contributed by atoms with van der Waals surface area (Å²) in [4.78, 5) is 4.68. The van der Waals surface area contributed by atoms with Crippen LogP contribution in [-0.4, -0.2) is 34.9 Å². The highest BCUT2D eigenvalue weighted by molar-refractivity contribution is 5.80. The van der Waals surface area contributed by atoms with Gasteiger partial charge in [0.15, 0.2) is 5.96 Å². The van der Waals surface area contributed by atoms with Gasteiger partial charge in [-0.25, -0.2) is 0 Å². The molecule has 2 rings (SSSR count). The number of guanidine groups is 1. The molecule has 21 heavy (non-hydrogen) atoms. The lowest BCUT2D eigenvalue weighted by atomic mass is 9.87. The first kappa shape index (κ1) is 15.9. The first-order valence-corrected chi connectivity index (χ1v) is 8.30. The van der Waals surface area contributed by atoms with Crippen molar-refractivity contribution in [3.8, 4) is 0 Å². The number of hydrogen-bond acceptors (Lipinski definition) is 2. The SMILES string of the molecule is CCNC(=NCCCn1cccn1)NC1CCC(C)CC1. The number of aryl methyl sites for hydroxylation is 1. The van der Waals surface area contributed by atoms with E-state index in [0.717, 1.165) is 37.9 Å². The number of nitrogens with one attached hydrogen (secondary N) is 2. The van der Waals surface area contributed by atoms with Crippen molar-refractivity contribution in [2.45, 2.75) is 58.5 Å². The van der Waals surface area contributed by atoms with Gasteiger partial charge in [0.1, 0.15) is 0 Å². The van der Waals surface area contributed by atoms with Gasteiger partial charge in [-0.15, -0.1) is 0 Å². The fourth-order valence-electron chi connectivity index (χ4n) is 2.77. The monoisotopic (exact) mass is 291 g/mol. The van der Waals surface area contributed by atoms with Gasteiger partial charge in [-0.1, -0.05) is 6.92 Å². The Labute approximate surface area is 128 Å². The molecule has 1 aromatic heterocycles. The smallest absolute Gasteiger partial charge is 0.191 e. The second kappa shape index (κ2) is 8.70. The Balaban J connectivity index is 1.73. The second-order valence-electron chi connectivity index (χ2n) is 5.98. The van der Waals surface area contributed by atoms with Gasteiger partial charge >= 0.3 is 0 Å². The highest BCUT2D eigenvalue weighted by atomic mass is 15.3. The predicted octanol–water partition coefficient (Wildman–Crippen LogP) is 2.41. The molecule has 0 aliphatic heterocycles. The van der Waals surface area contributed by atoms with Crippen LogP contribution in [0.1, 0.15) is 46.0 Å². The third-order valence-corrected chi connectivity index (χ3v) is 4.08. The summed E-state index contributed by atoms with van der Waals surface area (Å²) in [5, 5.41) is 11.1. The van der Waals surface area contributed by atoms with Crippen LogP contribution in [0, 0.1) is 5.92 Å². The number of aromatic nitrogens is 2. The first-order valence-electron chi connectivity index (χ1n) is 8.30. The van der Waals surface area contributed by atoms with Crippen LogP contribution in [0.5, 0.6) is 0 Å². The number of rotatable bonds is 6. The van der Waals surface area contributed by atoms with Crippen molar-refractivity contribution in [3.05, 3.63) is 18.5 Å². The van der Waals surface area contributed by atoms with E-state index in [2.05, 4.69) is 34.6 Å². The zero-order valence-electron chi connectivity index (χ0n) is 13.4. The maximum absolute atomic E-state index is 4.68. The van der Waals surface area contributed by atoms with Crippen molar-refractivity contribution in [1.82, 2.24) is 20.4 Å². The second-order valence-corrected chi connectivity index (χ2v) is 5.98. The average Bonchev–Trinajstić information content (AvgIpc) is 2.99. The Morgan fingerprint density at radius 3 is 2.81 bits per heavy atom. The molecule has 5 heteroatoms. The predicted molar refractivity (Wildman–Crippen MR) is 87.4 cm³/mol. The van der Waals surface area contributed by atoms with E-state index in [1.54, 1.807) is 0 Å². The van der Waals surface area contributed by atoms with Crippen LogP contribution >= 0.6 is 0 Å². The quantitative estimate of drug-likeness (QED) is 0.481. The van der Waals surface area contributed by atoms with E-state index in [1.807, 2.05) is 23.1 Å². The average molecular weight is 291 g/mol. The van der Waals surface area contributed by atoms with E-state index < -0.39 is 0 Å². The van der Waals surface area contributed by atoms with Crippen molar-refractivity contribution in [1.29, 1.82) is 0 Å².